The van der Waals surface area contributed by atoms with Gasteiger partial charge in [0.15, 0.2) is 0 Å². The summed E-state index contributed by atoms with van der Waals surface area (Å²) in [6.45, 7) is 0.269. The van der Waals surface area contributed by atoms with Gasteiger partial charge in [0.1, 0.15) is 6.10 Å². The molecule has 5 heteroatoms. The van der Waals surface area contributed by atoms with Crippen LogP contribution >= 0.6 is 22.7 Å². The van der Waals surface area contributed by atoms with Crippen LogP contribution in [0.2, 0.25) is 0 Å². The summed E-state index contributed by atoms with van der Waals surface area (Å²) in [6, 6.07) is 7.60. The van der Waals surface area contributed by atoms with E-state index >= 15 is 0 Å². The third-order valence-electron chi connectivity index (χ3n) is 2.28. The van der Waals surface area contributed by atoms with Crippen LogP contribution in [0.5, 0.6) is 0 Å². The van der Waals surface area contributed by atoms with Crippen molar-refractivity contribution in [3.63, 3.8) is 0 Å². The van der Waals surface area contributed by atoms with Gasteiger partial charge in [0.05, 0.1) is 6.42 Å². The van der Waals surface area contributed by atoms with E-state index in [1.54, 1.807) is 11.3 Å². The number of aliphatic hydroxyl groups is 1. The Bertz CT molecular complexity index is 451. The molecule has 0 unspecified atom stereocenters. The molecular weight excluding hydrogens is 254 g/mol. The van der Waals surface area contributed by atoms with Crippen LogP contribution in [0.15, 0.2) is 35.0 Å². The highest BCUT2D eigenvalue weighted by Gasteiger charge is 2.10. The first-order chi connectivity index (χ1) is 8.25. The van der Waals surface area contributed by atoms with Crippen LogP contribution in [0.1, 0.15) is 15.9 Å². The van der Waals surface area contributed by atoms with Crippen molar-refractivity contribution in [1.29, 1.82) is 0 Å². The van der Waals surface area contributed by atoms with Crippen molar-refractivity contribution in [2.45, 2.75) is 12.5 Å². The van der Waals surface area contributed by atoms with Gasteiger partial charge in [-0.15, -0.1) is 22.7 Å². The van der Waals surface area contributed by atoms with Crippen molar-refractivity contribution < 1.29 is 9.90 Å². The fourth-order valence-electron chi connectivity index (χ4n) is 1.43. The Hall–Kier alpha value is -1.17. The Kier molecular flexibility index (Phi) is 4.30. The molecule has 17 heavy (non-hydrogen) atoms. The smallest absolute Gasteiger partial charge is 0.225 e. The van der Waals surface area contributed by atoms with Gasteiger partial charge < -0.3 is 10.4 Å². The van der Waals surface area contributed by atoms with E-state index in [2.05, 4.69) is 5.32 Å². The van der Waals surface area contributed by atoms with Crippen molar-refractivity contribution in [1.82, 2.24) is 5.32 Å². The fraction of sp³-hybridized carbons (Fsp3) is 0.250. The molecule has 0 bridgehead atoms. The van der Waals surface area contributed by atoms with Crippen molar-refractivity contribution >= 4 is 28.6 Å². The minimum Gasteiger partial charge on any atom is -0.386 e. The summed E-state index contributed by atoms with van der Waals surface area (Å²) in [5.74, 6) is -0.0527. The van der Waals surface area contributed by atoms with E-state index in [4.69, 9.17) is 0 Å². The number of hydrogen-bond donors (Lipinski definition) is 2. The second-order valence-corrected chi connectivity index (χ2v) is 5.60. The number of hydrogen-bond acceptors (Lipinski definition) is 4. The third-order valence-corrected chi connectivity index (χ3v) is 4.13. The highest BCUT2D eigenvalue weighted by atomic mass is 32.1. The van der Waals surface area contributed by atoms with Crippen LogP contribution in [0.3, 0.4) is 0 Å². The Morgan fingerprint density at radius 1 is 1.29 bits per heavy atom. The molecule has 0 saturated heterocycles. The summed E-state index contributed by atoms with van der Waals surface area (Å²) in [6.07, 6.45) is -0.225. The zero-order valence-electron chi connectivity index (χ0n) is 9.13. The molecule has 1 amide bonds. The van der Waals surface area contributed by atoms with Crippen molar-refractivity contribution in [2.75, 3.05) is 6.54 Å². The van der Waals surface area contributed by atoms with Gasteiger partial charge in [0.25, 0.3) is 0 Å². The summed E-state index contributed by atoms with van der Waals surface area (Å²) in [7, 11) is 0. The van der Waals surface area contributed by atoms with E-state index in [1.807, 2.05) is 35.0 Å². The van der Waals surface area contributed by atoms with Crippen molar-refractivity contribution in [3.05, 3.63) is 44.8 Å². The van der Waals surface area contributed by atoms with Gasteiger partial charge in [-0.1, -0.05) is 12.1 Å². The minimum absolute atomic E-state index is 0.0527. The van der Waals surface area contributed by atoms with Crippen LogP contribution in [0, 0.1) is 0 Å². The molecule has 0 aliphatic carbocycles. The van der Waals surface area contributed by atoms with Crippen LogP contribution in [0.25, 0.3) is 0 Å². The summed E-state index contributed by atoms with van der Waals surface area (Å²) < 4.78 is 0. The first kappa shape index (κ1) is 12.3. The van der Waals surface area contributed by atoms with Gasteiger partial charge in [0, 0.05) is 16.3 Å². The van der Waals surface area contributed by atoms with Gasteiger partial charge >= 0.3 is 0 Å². The van der Waals surface area contributed by atoms with Crippen molar-refractivity contribution in [2.24, 2.45) is 0 Å². The number of amides is 1. The van der Waals surface area contributed by atoms with Gasteiger partial charge in [-0.25, -0.2) is 0 Å². The predicted molar refractivity (Wildman–Crippen MR) is 70.3 cm³/mol. The number of thiophene rings is 2. The molecule has 0 aromatic carbocycles. The zero-order chi connectivity index (χ0) is 12.1. The van der Waals surface area contributed by atoms with E-state index in [9.17, 15) is 9.90 Å². The van der Waals surface area contributed by atoms with Gasteiger partial charge in [-0.3, -0.25) is 4.79 Å². The highest BCUT2D eigenvalue weighted by molar-refractivity contribution is 7.10. The lowest BCUT2D eigenvalue weighted by Gasteiger charge is -2.09. The lowest BCUT2D eigenvalue weighted by Crippen LogP contribution is -2.29. The van der Waals surface area contributed by atoms with E-state index in [0.717, 1.165) is 9.75 Å². The van der Waals surface area contributed by atoms with Gasteiger partial charge in [0.2, 0.25) is 5.91 Å². The first-order valence-corrected chi connectivity index (χ1v) is 7.02. The summed E-state index contributed by atoms with van der Waals surface area (Å²) in [5, 5.41) is 16.4. The lowest BCUT2D eigenvalue weighted by atomic mass is 10.2. The van der Waals surface area contributed by atoms with Crippen LogP contribution in [-0.2, 0) is 11.2 Å². The van der Waals surface area contributed by atoms with Gasteiger partial charge in [-0.05, 0) is 22.9 Å². The van der Waals surface area contributed by atoms with E-state index in [-0.39, 0.29) is 12.5 Å². The van der Waals surface area contributed by atoms with Crippen molar-refractivity contribution in [3.8, 4) is 0 Å². The topological polar surface area (TPSA) is 49.3 Å². The maximum Gasteiger partial charge on any atom is 0.225 e. The van der Waals surface area contributed by atoms with Crippen LogP contribution < -0.4 is 5.32 Å². The molecule has 0 aliphatic rings. The molecule has 0 aliphatic heterocycles. The quantitative estimate of drug-likeness (QED) is 0.872. The number of carbonyl (C=O) groups is 1. The molecule has 2 heterocycles. The maximum absolute atomic E-state index is 11.6. The Morgan fingerprint density at radius 3 is 2.71 bits per heavy atom. The van der Waals surface area contributed by atoms with Crippen LogP contribution in [0.4, 0.5) is 0 Å². The SMILES string of the molecule is O=C(Cc1cccs1)NC[C@H](O)c1cccs1. The molecule has 2 aromatic heterocycles. The molecule has 0 fully saturated rings. The summed E-state index contributed by atoms with van der Waals surface area (Å²) in [4.78, 5) is 13.5. The molecule has 3 nitrogen and oxygen atoms in total. The number of carbonyl (C=O) groups excluding carboxylic acids is 1. The largest absolute Gasteiger partial charge is 0.386 e. The molecule has 2 N–H and O–H groups in total. The number of rotatable bonds is 5. The van der Waals surface area contributed by atoms with Gasteiger partial charge in [-0.2, -0.15) is 0 Å². The fourth-order valence-corrected chi connectivity index (χ4v) is 2.84. The Labute approximate surface area is 108 Å². The lowest BCUT2D eigenvalue weighted by molar-refractivity contribution is -0.120. The van der Waals surface area contributed by atoms with E-state index in [1.165, 1.54) is 11.3 Å². The highest BCUT2D eigenvalue weighted by Crippen LogP contribution is 2.17. The molecular formula is C12H13NO2S2. The average Bonchev–Trinajstić information content (AvgIpc) is 2.97. The Balaban J connectivity index is 1.76. The third kappa shape index (κ3) is 3.66. The second-order valence-electron chi connectivity index (χ2n) is 3.59. The normalized spacial score (nSPS) is 12.3. The predicted octanol–water partition coefficient (Wildman–Crippen LogP) is 2.20. The zero-order valence-corrected chi connectivity index (χ0v) is 10.8. The summed E-state index contributed by atoms with van der Waals surface area (Å²) >= 11 is 3.05. The molecule has 2 rings (SSSR count). The molecule has 1 atom stereocenters. The first-order valence-electron chi connectivity index (χ1n) is 5.26. The Morgan fingerprint density at radius 2 is 2.06 bits per heavy atom. The van der Waals surface area contributed by atoms with Crippen LogP contribution in [-0.4, -0.2) is 17.6 Å². The molecule has 0 saturated carbocycles. The molecule has 0 spiro atoms. The molecule has 2 aromatic rings. The average molecular weight is 267 g/mol. The second kappa shape index (κ2) is 5.95. The summed E-state index contributed by atoms with van der Waals surface area (Å²) in [5.41, 5.74) is 0. The molecule has 90 valence electrons. The van der Waals surface area contributed by atoms with E-state index in [0.29, 0.717) is 6.42 Å². The number of nitrogens with one attached hydrogen (secondary N) is 1. The maximum atomic E-state index is 11.6. The number of aliphatic hydroxyl groups excluding tert-OH is 1. The minimum atomic E-state index is -0.609. The molecule has 0 radical (unpaired) electrons. The monoisotopic (exact) mass is 267 g/mol. The standard InChI is InChI=1S/C12H13NO2S2/c14-10(11-4-2-6-17-11)8-13-12(15)7-9-3-1-5-16-9/h1-6,10,14H,7-8H2,(H,13,15)/t10-/m0/s1. The van der Waals surface area contributed by atoms with E-state index < -0.39 is 6.10 Å².